The molecule has 3 heterocycles. The van der Waals surface area contributed by atoms with Gasteiger partial charge in [-0.05, 0) is 63.7 Å². The van der Waals surface area contributed by atoms with Crippen molar-refractivity contribution in [1.82, 2.24) is 19.7 Å². The monoisotopic (exact) mass is 398 g/mol. The number of piperidine rings is 1. The summed E-state index contributed by atoms with van der Waals surface area (Å²) in [6.07, 6.45) is 3.31. The number of benzene rings is 1. The van der Waals surface area contributed by atoms with E-state index in [0.29, 0.717) is 18.6 Å². The Morgan fingerprint density at radius 1 is 1.10 bits per heavy atom. The molecule has 5 nitrogen and oxygen atoms in total. The number of hydrogen-bond acceptors (Lipinski definition) is 4. The number of piperazine rings is 1. The van der Waals surface area contributed by atoms with Crippen molar-refractivity contribution in [2.45, 2.75) is 45.7 Å². The minimum atomic E-state index is 0.312. The van der Waals surface area contributed by atoms with Crippen LogP contribution in [0.25, 0.3) is 10.9 Å². The first-order valence-corrected chi connectivity index (χ1v) is 11.4. The van der Waals surface area contributed by atoms with Crippen molar-refractivity contribution in [3.8, 4) is 0 Å². The molecule has 0 radical (unpaired) electrons. The van der Waals surface area contributed by atoms with Gasteiger partial charge in [0.2, 0.25) is 0 Å². The van der Waals surface area contributed by atoms with Gasteiger partial charge in [-0.3, -0.25) is 9.80 Å². The summed E-state index contributed by atoms with van der Waals surface area (Å²) in [6.45, 7) is 12.8. The predicted octanol–water partition coefficient (Wildman–Crippen LogP) is 3.00. The number of para-hydroxylation sites is 1. The molecule has 0 unspecified atom stereocenters. The number of rotatable bonds is 6. The zero-order chi connectivity index (χ0) is 20.4. The summed E-state index contributed by atoms with van der Waals surface area (Å²) in [5, 5.41) is 10.8. The Hall–Kier alpha value is -1.40. The fourth-order valence-electron chi connectivity index (χ4n) is 5.43. The van der Waals surface area contributed by atoms with Crippen molar-refractivity contribution >= 4 is 10.9 Å². The third kappa shape index (κ3) is 4.53. The smallest absolute Gasteiger partial charge is 0.0504 e. The van der Waals surface area contributed by atoms with Crippen LogP contribution in [0.5, 0.6) is 0 Å². The molecule has 2 atom stereocenters. The van der Waals surface area contributed by atoms with E-state index in [1.54, 1.807) is 0 Å². The molecule has 2 aliphatic heterocycles. The molecule has 0 spiro atoms. The largest absolute Gasteiger partial charge is 0.396 e. The second kappa shape index (κ2) is 9.17. The molecule has 0 aliphatic carbocycles. The molecule has 2 aromatic rings. The van der Waals surface area contributed by atoms with E-state index in [2.05, 4.69) is 58.8 Å². The Balaban J connectivity index is 1.47. The SMILES string of the molecule is Cc1[nH]c2c(CN3CC[C@H](N4CCN(C)CC4)[C@H](CCCO)C3)cccc2c1C. The number of aromatic amines is 1. The number of aryl methyl sites for hydroxylation is 2. The highest BCUT2D eigenvalue weighted by Crippen LogP contribution is 2.30. The van der Waals surface area contributed by atoms with Gasteiger partial charge < -0.3 is 15.0 Å². The molecule has 160 valence electrons. The highest BCUT2D eigenvalue weighted by Gasteiger charge is 2.34. The third-order valence-electron chi connectivity index (χ3n) is 7.34. The predicted molar refractivity (Wildman–Crippen MR) is 120 cm³/mol. The van der Waals surface area contributed by atoms with Crippen molar-refractivity contribution in [3.05, 3.63) is 35.0 Å². The van der Waals surface area contributed by atoms with E-state index in [-0.39, 0.29) is 0 Å². The number of H-pyrrole nitrogens is 1. The van der Waals surface area contributed by atoms with Crippen LogP contribution in [0, 0.1) is 19.8 Å². The number of nitrogens with zero attached hydrogens (tertiary/aromatic N) is 3. The number of aliphatic hydroxyl groups excluding tert-OH is 1. The normalized spacial score (nSPS) is 25.1. The Labute approximate surface area is 175 Å². The summed E-state index contributed by atoms with van der Waals surface area (Å²) in [5.41, 5.74) is 5.38. The standard InChI is InChI=1S/C24H38N4O/c1-18-19(2)25-24-21(6-4-8-22(18)24)17-27-10-9-23(20(16-27)7-5-15-29)28-13-11-26(3)12-14-28/h4,6,8,20,23,25,29H,5,7,9-17H2,1-3H3/t20-,23+/m1/s1. The molecule has 0 saturated carbocycles. The highest BCUT2D eigenvalue weighted by molar-refractivity contribution is 5.87. The second-order valence-electron chi connectivity index (χ2n) is 9.27. The summed E-state index contributed by atoms with van der Waals surface area (Å²) >= 11 is 0. The van der Waals surface area contributed by atoms with Gasteiger partial charge in [-0.25, -0.2) is 0 Å². The van der Waals surface area contributed by atoms with Crippen LogP contribution in [-0.2, 0) is 6.54 Å². The Morgan fingerprint density at radius 2 is 1.90 bits per heavy atom. The first-order chi connectivity index (χ1) is 14.1. The lowest BCUT2D eigenvalue weighted by Crippen LogP contribution is -2.56. The Kier molecular flexibility index (Phi) is 6.60. The fourth-order valence-corrected chi connectivity index (χ4v) is 5.43. The highest BCUT2D eigenvalue weighted by atomic mass is 16.2. The van der Waals surface area contributed by atoms with Crippen molar-refractivity contribution < 1.29 is 5.11 Å². The summed E-state index contributed by atoms with van der Waals surface area (Å²) in [4.78, 5) is 11.4. The molecule has 1 aromatic heterocycles. The number of aliphatic hydroxyl groups is 1. The quantitative estimate of drug-likeness (QED) is 0.785. The van der Waals surface area contributed by atoms with E-state index >= 15 is 0 Å². The molecule has 0 bridgehead atoms. The van der Waals surface area contributed by atoms with E-state index in [1.165, 1.54) is 66.9 Å². The van der Waals surface area contributed by atoms with E-state index in [9.17, 15) is 5.11 Å². The molecule has 0 amide bonds. The van der Waals surface area contributed by atoms with Gasteiger partial charge in [-0.2, -0.15) is 0 Å². The van der Waals surface area contributed by atoms with Gasteiger partial charge in [0, 0.05) is 63.0 Å². The van der Waals surface area contributed by atoms with Gasteiger partial charge in [0.05, 0.1) is 5.52 Å². The van der Waals surface area contributed by atoms with Gasteiger partial charge in [-0.15, -0.1) is 0 Å². The average molecular weight is 399 g/mol. The second-order valence-corrected chi connectivity index (χ2v) is 9.27. The minimum Gasteiger partial charge on any atom is -0.396 e. The number of likely N-dealkylation sites (N-methyl/N-ethyl adjacent to an activating group) is 1. The van der Waals surface area contributed by atoms with Crippen LogP contribution in [-0.4, -0.2) is 83.8 Å². The van der Waals surface area contributed by atoms with Crippen LogP contribution in [0.2, 0.25) is 0 Å². The summed E-state index contributed by atoms with van der Waals surface area (Å²) in [6, 6.07) is 7.41. The Bertz CT molecular complexity index is 809. The molecule has 1 aromatic carbocycles. The van der Waals surface area contributed by atoms with Crippen molar-refractivity contribution in [2.24, 2.45) is 5.92 Å². The first-order valence-electron chi connectivity index (χ1n) is 11.4. The van der Waals surface area contributed by atoms with Crippen LogP contribution >= 0.6 is 0 Å². The van der Waals surface area contributed by atoms with Crippen LogP contribution in [0.1, 0.15) is 36.1 Å². The number of aromatic nitrogens is 1. The summed E-state index contributed by atoms with van der Waals surface area (Å²) in [5.74, 6) is 0.658. The number of nitrogens with one attached hydrogen (secondary N) is 1. The maximum absolute atomic E-state index is 9.44. The molecular weight excluding hydrogens is 360 g/mol. The summed E-state index contributed by atoms with van der Waals surface area (Å²) in [7, 11) is 2.23. The average Bonchev–Trinajstić information content (AvgIpc) is 3.02. The molecular formula is C24H38N4O. The maximum Gasteiger partial charge on any atom is 0.0504 e. The van der Waals surface area contributed by atoms with Crippen LogP contribution in [0.4, 0.5) is 0 Å². The maximum atomic E-state index is 9.44. The number of fused-ring (bicyclic) bond motifs is 1. The zero-order valence-corrected chi connectivity index (χ0v) is 18.5. The first kappa shape index (κ1) is 20.9. The lowest BCUT2D eigenvalue weighted by Gasteiger charge is -2.46. The van der Waals surface area contributed by atoms with Gasteiger partial charge >= 0.3 is 0 Å². The third-order valence-corrected chi connectivity index (χ3v) is 7.34. The lowest BCUT2D eigenvalue weighted by molar-refractivity contribution is 0.0213. The zero-order valence-electron chi connectivity index (χ0n) is 18.5. The van der Waals surface area contributed by atoms with Gasteiger partial charge in [0.1, 0.15) is 0 Å². The molecule has 2 N–H and O–H groups in total. The lowest BCUT2D eigenvalue weighted by atomic mass is 9.86. The van der Waals surface area contributed by atoms with E-state index in [4.69, 9.17) is 0 Å². The van der Waals surface area contributed by atoms with Gasteiger partial charge in [0.25, 0.3) is 0 Å². The molecule has 29 heavy (non-hydrogen) atoms. The van der Waals surface area contributed by atoms with Gasteiger partial charge in [-0.1, -0.05) is 18.2 Å². The van der Waals surface area contributed by atoms with Crippen LogP contribution in [0.15, 0.2) is 18.2 Å². The van der Waals surface area contributed by atoms with E-state index < -0.39 is 0 Å². The van der Waals surface area contributed by atoms with Crippen LogP contribution < -0.4 is 0 Å². The van der Waals surface area contributed by atoms with E-state index in [0.717, 1.165) is 25.9 Å². The topological polar surface area (TPSA) is 45.7 Å². The molecule has 5 heteroatoms. The van der Waals surface area contributed by atoms with Crippen molar-refractivity contribution in [1.29, 1.82) is 0 Å². The van der Waals surface area contributed by atoms with Crippen molar-refractivity contribution in [3.63, 3.8) is 0 Å². The molecule has 2 fully saturated rings. The van der Waals surface area contributed by atoms with Gasteiger partial charge in [0.15, 0.2) is 0 Å². The van der Waals surface area contributed by atoms with E-state index in [1.807, 2.05) is 0 Å². The Morgan fingerprint density at radius 3 is 2.66 bits per heavy atom. The molecule has 2 saturated heterocycles. The number of likely N-dealkylation sites (tertiary alicyclic amines) is 1. The molecule has 4 rings (SSSR count). The molecule has 2 aliphatic rings. The number of hydrogen-bond donors (Lipinski definition) is 2. The summed E-state index contributed by atoms with van der Waals surface area (Å²) < 4.78 is 0. The minimum absolute atomic E-state index is 0.312. The fraction of sp³-hybridized carbons (Fsp3) is 0.667. The van der Waals surface area contributed by atoms with Crippen molar-refractivity contribution in [2.75, 3.05) is 52.9 Å². The van der Waals surface area contributed by atoms with Crippen LogP contribution in [0.3, 0.4) is 0 Å².